The summed E-state index contributed by atoms with van der Waals surface area (Å²) >= 11 is 6.33. The van der Waals surface area contributed by atoms with Gasteiger partial charge in [0.25, 0.3) is 0 Å². The SMILES string of the molecule is CS(=O)c1ccc(Cc2cc([C@@H]3O[C@H](CO)[C@@H](O)[C@H](O)[C@H]3O)ccc2Cl)cc1. The third-order valence-electron chi connectivity index (χ3n) is 4.94. The molecule has 152 valence electrons. The van der Waals surface area contributed by atoms with Crippen LogP contribution in [-0.2, 0) is 22.0 Å². The lowest BCUT2D eigenvalue weighted by atomic mass is 9.90. The summed E-state index contributed by atoms with van der Waals surface area (Å²) in [4.78, 5) is 0.741. The van der Waals surface area contributed by atoms with E-state index in [0.717, 1.165) is 16.0 Å². The second-order valence-electron chi connectivity index (χ2n) is 6.88. The van der Waals surface area contributed by atoms with Crippen molar-refractivity contribution >= 4 is 22.4 Å². The minimum Gasteiger partial charge on any atom is -0.394 e. The number of ether oxygens (including phenoxy) is 1. The molecule has 1 heterocycles. The summed E-state index contributed by atoms with van der Waals surface area (Å²) in [5.74, 6) is 0. The molecular weight excluding hydrogens is 404 g/mol. The Morgan fingerprint density at radius 1 is 1.04 bits per heavy atom. The average molecular weight is 427 g/mol. The van der Waals surface area contributed by atoms with E-state index in [2.05, 4.69) is 0 Å². The van der Waals surface area contributed by atoms with Crippen LogP contribution in [0.25, 0.3) is 0 Å². The second kappa shape index (κ2) is 9.00. The summed E-state index contributed by atoms with van der Waals surface area (Å²) in [6.07, 6.45) is -3.91. The van der Waals surface area contributed by atoms with Gasteiger partial charge in [-0.05, 0) is 41.3 Å². The molecule has 6 nitrogen and oxygen atoms in total. The summed E-state index contributed by atoms with van der Waals surface area (Å²) in [5, 5.41) is 40.2. The van der Waals surface area contributed by atoms with Gasteiger partial charge in [0, 0.05) is 27.0 Å². The van der Waals surface area contributed by atoms with Gasteiger partial charge in [0.05, 0.1) is 6.61 Å². The standard InChI is InChI=1S/C20H23ClO6S/c1-28(26)14-5-2-11(3-6-14)8-13-9-12(4-7-15(13)21)20-19(25)18(24)17(23)16(10-22)27-20/h2-7,9,16-20,22-25H,8,10H2,1H3/t16-,17-,18+,19-,20+,28?/m1/s1. The topological polar surface area (TPSA) is 107 Å². The average Bonchev–Trinajstić information content (AvgIpc) is 2.69. The quantitative estimate of drug-likeness (QED) is 0.572. The van der Waals surface area contributed by atoms with Crippen molar-refractivity contribution in [2.24, 2.45) is 0 Å². The molecule has 1 aliphatic heterocycles. The highest BCUT2D eigenvalue weighted by atomic mass is 35.5. The van der Waals surface area contributed by atoms with Crippen molar-refractivity contribution in [1.29, 1.82) is 0 Å². The van der Waals surface area contributed by atoms with E-state index < -0.39 is 47.9 Å². The molecule has 1 saturated heterocycles. The molecule has 0 amide bonds. The Bertz CT molecular complexity index is 841. The van der Waals surface area contributed by atoms with Gasteiger partial charge < -0.3 is 25.2 Å². The molecule has 2 aromatic carbocycles. The highest BCUT2D eigenvalue weighted by molar-refractivity contribution is 7.84. The van der Waals surface area contributed by atoms with Crippen LogP contribution in [0.4, 0.5) is 0 Å². The highest BCUT2D eigenvalue weighted by Crippen LogP contribution is 2.34. The maximum atomic E-state index is 11.5. The number of benzene rings is 2. The Balaban J connectivity index is 1.85. The Morgan fingerprint density at radius 2 is 1.71 bits per heavy atom. The van der Waals surface area contributed by atoms with Crippen LogP contribution >= 0.6 is 11.6 Å². The highest BCUT2D eigenvalue weighted by Gasteiger charge is 2.43. The number of halogens is 1. The van der Waals surface area contributed by atoms with Gasteiger partial charge in [0.1, 0.15) is 30.5 Å². The van der Waals surface area contributed by atoms with Crippen molar-refractivity contribution in [3.8, 4) is 0 Å². The molecule has 3 rings (SSSR count). The Morgan fingerprint density at radius 3 is 2.32 bits per heavy atom. The van der Waals surface area contributed by atoms with Gasteiger partial charge >= 0.3 is 0 Å². The molecular formula is C20H23ClO6S. The van der Waals surface area contributed by atoms with Crippen LogP contribution in [0.3, 0.4) is 0 Å². The third-order valence-corrected chi connectivity index (χ3v) is 6.25. The van der Waals surface area contributed by atoms with E-state index in [0.29, 0.717) is 17.0 Å². The van der Waals surface area contributed by atoms with E-state index in [1.165, 1.54) is 0 Å². The van der Waals surface area contributed by atoms with Crippen molar-refractivity contribution in [3.05, 3.63) is 64.2 Å². The van der Waals surface area contributed by atoms with Crippen LogP contribution in [0, 0.1) is 0 Å². The largest absolute Gasteiger partial charge is 0.394 e. The smallest absolute Gasteiger partial charge is 0.113 e. The van der Waals surface area contributed by atoms with Crippen molar-refractivity contribution in [2.45, 2.75) is 41.8 Å². The van der Waals surface area contributed by atoms with Gasteiger partial charge in [-0.3, -0.25) is 4.21 Å². The van der Waals surface area contributed by atoms with Crippen LogP contribution in [0.15, 0.2) is 47.4 Å². The van der Waals surface area contributed by atoms with Gasteiger partial charge in [-0.25, -0.2) is 0 Å². The minimum absolute atomic E-state index is 0.479. The van der Waals surface area contributed by atoms with E-state index in [1.54, 1.807) is 36.6 Å². The summed E-state index contributed by atoms with van der Waals surface area (Å²) in [6.45, 7) is -0.479. The fourth-order valence-electron chi connectivity index (χ4n) is 3.30. The number of aliphatic hydroxyl groups is 4. The van der Waals surface area contributed by atoms with Crippen LogP contribution in [-0.4, -0.2) is 61.9 Å². The molecule has 8 heteroatoms. The summed E-state index contributed by atoms with van der Waals surface area (Å²) in [6, 6.07) is 12.5. The van der Waals surface area contributed by atoms with Crippen molar-refractivity contribution in [1.82, 2.24) is 0 Å². The van der Waals surface area contributed by atoms with E-state index in [-0.39, 0.29) is 0 Å². The molecule has 0 saturated carbocycles. The fraction of sp³-hybridized carbons (Fsp3) is 0.400. The minimum atomic E-state index is -1.43. The number of hydrogen-bond donors (Lipinski definition) is 4. The lowest BCUT2D eigenvalue weighted by molar-refractivity contribution is -0.231. The third kappa shape index (κ3) is 4.46. The molecule has 6 atom stereocenters. The first kappa shape index (κ1) is 21.4. The van der Waals surface area contributed by atoms with Crippen molar-refractivity contribution < 1.29 is 29.4 Å². The molecule has 0 radical (unpaired) electrons. The fourth-order valence-corrected chi connectivity index (χ4v) is 4.01. The molecule has 0 aliphatic carbocycles. The number of rotatable bonds is 5. The summed E-state index contributed by atoms with van der Waals surface area (Å²) in [7, 11) is -1.04. The monoisotopic (exact) mass is 426 g/mol. The van der Waals surface area contributed by atoms with Gasteiger partial charge in [0.2, 0.25) is 0 Å². The lowest BCUT2D eigenvalue weighted by Gasteiger charge is -2.40. The van der Waals surface area contributed by atoms with Gasteiger partial charge in [-0.1, -0.05) is 35.9 Å². The molecule has 1 unspecified atom stereocenters. The van der Waals surface area contributed by atoms with Gasteiger partial charge in [-0.15, -0.1) is 0 Å². The van der Waals surface area contributed by atoms with E-state index in [4.69, 9.17) is 16.3 Å². The predicted octanol–water partition coefficient (Wildman–Crippen LogP) is 1.18. The van der Waals surface area contributed by atoms with E-state index >= 15 is 0 Å². The lowest BCUT2D eigenvalue weighted by Crippen LogP contribution is -2.55. The molecule has 1 aliphatic rings. The van der Waals surface area contributed by atoms with Crippen molar-refractivity contribution in [3.63, 3.8) is 0 Å². The van der Waals surface area contributed by atoms with Crippen molar-refractivity contribution in [2.75, 3.05) is 12.9 Å². The molecule has 0 bridgehead atoms. The van der Waals surface area contributed by atoms with Crippen LogP contribution < -0.4 is 0 Å². The first-order chi connectivity index (χ1) is 13.3. The van der Waals surface area contributed by atoms with Crippen LogP contribution in [0.2, 0.25) is 5.02 Å². The number of aliphatic hydroxyl groups excluding tert-OH is 4. The van der Waals surface area contributed by atoms with Crippen LogP contribution in [0.1, 0.15) is 22.8 Å². The summed E-state index contributed by atoms with van der Waals surface area (Å²) in [5.41, 5.74) is 2.35. The van der Waals surface area contributed by atoms with Gasteiger partial charge in [0.15, 0.2) is 0 Å². The Labute approximate surface area is 170 Å². The van der Waals surface area contributed by atoms with E-state index in [9.17, 15) is 24.6 Å². The molecule has 4 N–H and O–H groups in total. The zero-order valence-corrected chi connectivity index (χ0v) is 16.8. The molecule has 0 spiro atoms. The van der Waals surface area contributed by atoms with Gasteiger partial charge in [-0.2, -0.15) is 0 Å². The molecule has 28 heavy (non-hydrogen) atoms. The van der Waals surface area contributed by atoms with Crippen LogP contribution in [0.5, 0.6) is 0 Å². The zero-order chi connectivity index (χ0) is 20.4. The normalized spacial score (nSPS) is 28.9. The maximum absolute atomic E-state index is 11.5. The molecule has 0 aromatic heterocycles. The zero-order valence-electron chi connectivity index (χ0n) is 15.2. The Hall–Kier alpha value is -1.32. The number of hydrogen-bond acceptors (Lipinski definition) is 6. The van der Waals surface area contributed by atoms with E-state index in [1.807, 2.05) is 12.1 Å². The first-order valence-electron chi connectivity index (χ1n) is 8.83. The summed E-state index contributed by atoms with van der Waals surface area (Å²) < 4.78 is 17.1. The first-order valence-corrected chi connectivity index (χ1v) is 10.8. The maximum Gasteiger partial charge on any atom is 0.113 e. The second-order valence-corrected chi connectivity index (χ2v) is 8.66. The molecule has 1 fully saturated rings. The Kier molecular flexibility index (Phi) is 6.88. The predicted molar refractivity (Wildman–Crippen MR) is 106 cm³/mol. The molecule has 2 aromatic rings.